The number of benzene rings is 2. The van der Waals surface area contributed by atoms with Crippen LogP contribution in [0, 0.1) is 20.8 Å². The molecule has 0 spiro atoms. The number of aryl methyl sites for hydroxylation is 3. The van der Waals surface area contributed by atoms with Gasteiger partial charge in [-0.3, -0.25) is 4.90 Å². The first-order valence-corrected chi connectivity index (χ1v) is 14.6. The first-order valence-electron chi connectivity index (χ1n) is 14.6. The number of hydrogen-bond donors (Lipinski definition) is 3. The van der Waals surface area contributed by atoms with Gasteiger partial charge in [0.15, 0.2) is 0 Å². The van der Waals surface area contributed by atoms with Crippen LogP contribution < -0.4 is 35.1 Å². The van der Waals surface area contributed by atoms with Gasteiger partial charge in [0.1, 0.15) is 23.1 Å². The number of likely N-dealkylation sites (N-methyl/N-ethyl adjacent to an activating group) is 1. The molecular formula is C32H43N7O5. The predicted molar refractivity (Wildman–Crippen MR) is 171 cm³/mol. The maximum absolute atomic E-state index is 14.0. The Morgan fingerprint density at radius 3 is 2.48 bits per heavy atom. The van der Waals surface area contributed by atoms with E-state index in [1.807, 2.05) is 52.2 Å². The Labute approximate surface area is 259 Å². The second-order valence-electron chi connectivity index (χ2n) is 10.4. The highest BCUT2D eigenvalue weighted by Crippen LogP contribution is 2.37. The van der Waals surface area contributed by atoms with Crippen LogP contribution in [-0.4, -0.2) is 88.2 Å². The number of methoxy groups -OCH3 is 2. The van der Waals surface area contributed by atoms with Gasteiger partial charge in [-0.1, -0.05) is 18.2 Å². The number of carbonyl (C=O) groups excluding carboxylic acids is 1. The topological polar surface area (TPSA) is 122 Å². The Kier molecular flexibility index (Phi) is 11.8. The minimum atomic E-state index is -0.648. The highest BCUT2D eigenvalue weighted by atomic mass is 16.6. The highest BCUT2D eigenvalue weighted by Gasteiger charge is 2.27. The van der Waals surface area contributed by atoms with Crippen LogP contribution in [0.2, 0.25) is 0 Å². The molecule has 0 atom stereocenters. The molecule has 3 N–H and O–H groups in total. The maximum Gasteiger partial charge on any atom is 0.425 e. The summed E-state index contributed by atoms with van der Waals surface area (Å²) in [7, 11) is 4.97. The smallest absolute Gasteiger partial charge is 0.425 e. The quantitative estimate of drug-likeness (QED) is 0.244. The van der Waals surface area contributed by atoms with Crippen molar-refractivity contribution in [3.8, 4) is 17.2 Å². The molecular weight excluding hydrogens is 562 g/mol. The van der Waals surface area contributed by atoms with Gasteiger partial charge < -0.3 is 34.9 Å². The molecule has 1 amide bonds. The molecule has 0 unspecified atom stereocenters. The molecule has 236 valence electrons. The van der Waals surface area contributed by atoms with Crippen molar-refractivity contribution in [3.63, 3.8) is 0 Å². The molecule has 0 aliphatic carbocycles. The molecule has 1 aliphatic rings. The van der Waals surface area contributed by atoms with Gasteiger partial charge in [0.2, 0.25) is 5.95 Å². The SMILES string of the molecule is CNC/C(=C\NCCN1CCOCC1)Nc1nc(C)cc(N(C(=O)Oc2c(C)cccc2C)c2ccc(OC)cc2OC)n1. The molecule has 12 nitrogen and oxygen atoms in total. The lowest BCUT2D eigenvalue weighted by Crippen LogP contribution is -2.39. The Morgan fingerprint density at radius 2 is 1.80 bits per heavy atom. The largest absolute Gasteiger partial charge is 0.497 e. The lowest BCUT2D eigenvalue weighted by atomic mass is 10.1. The van der Waals surface area contributed by atoms with Gasteiger partial charge in [0.25, 0.3) is 0 Å². The number of carbonyl (C=O) groups is 1. The highest BCUT2D eigenvalue weighted by molar-refractivity contribution is 5.98. The lowest BCUT2D eigenvalue weighted by Gasteiger charge is -2.26. The molecule has 1 aromatic heterocycles. The van der Waals surface area contributed by atoms with Crippen molar-refractivity contribution in [3.05, 3.63) is 71.2 Å². The monoisotopic (exact) mass is 605 g/mol. The first kappa shape index (κ1) is 32.5. The maximum atomic E-state index is 14.0. The summed E-state index contributed by atoms with van der Waals surface area (Å²) in [6, 6.07) is 12.6. The number of nitrogens with one attached hydrogen (secondary N) is 3. The molecule has 1 fully saturated rings. The van der Waals surface area contributed by atoms with Gasteiger partial charge in [-0.05, 0) is 51.1 Å². The Bertz CT molecular complexity index is 1420. The minimum absolute atomic E-state index is 0.309. The normalized spacial score (nSPS) is 13.7. The second kappa shape index (κ2) is 15.9. The number of anilines is 3. The third-order valence-electron chi connectivity index (χ3n) is 7.07. The Balaban J connectivity index is 1.65. The summed E-state index contributed by atoms with van der Waals surface area (Å²) < 4.78 is 22.5. The molecule has 2 aromatic carbocycles. The van der Waals surface area contributed by atoms with E-state index in [0.29, 0.717) is 46.9 Å². The zero-order valence-corrected chi connectivity index (χ0v) is 26.4. The third kappa shape index (κ3) is 8.59. The number of morpholine rings is 1. The number of amides is 1. The molecule has 0 saturated carbocycles. The van der Waals surface area contributed by atoms with E-state index in [9.17, 15) is 4.79 Å². The number of rotatable bonds is 13. The molecule has 3 aromatic rings. The van der Waals surface area contributed by atoms with Gasteiger partial charge in [0, 0.05) is 62.4 Å². The van der Waals surface area contributed by atoms with Crippen LogP contribution in [0.3, 0.4) is 0 Å². The molecule has 1 saturated heterocycles. The fraction of sp³-hybridized carbons (Fsp3) is 0.406. The van der Waals surface area contributed by atoms with Crippen LogP contribution in [-0.2, 0) is 4.74 Å². The van der Waals surface area contributed by atoms with Crippen LogP contribution in [0.5, 0.6) is 17.2 Å². The molecule has 2 heterocycles. The number of nitrogens with zero attached hydrogens (tertiary/aromatic N) is 4. The van der Waals surface area contributed by atoms with Crippen molar-refractivity contribution in [1.29, 1.82) is 0 Å². The molecule has 4 rings (SSSR count). The molecule has 12 heteroatoms. The summed E-state index contributed by atoms with van der Waals surface area (Å²) in [5.41, 5.74) is 3.59. The number of para-hydroxylation sites is 1. The van der Waals surface area contributed by atoms with E-state index in [4.69, 9.17) is 23.9 Å². The fourth-order valence-corrected chi connectivity index (χ4v) is 4.81. The number of aromatic nitrogens is 2. The van der Waals surface area contributed by atoms with E-state index in [0.717, 1.165) is 56.2 Å². The van der Waals surface area contributed by atoms with Crippen molar-refractivity contribution in [2.24, 2.45) is 0 Å². The number of hydrogen-bond acceptors (Lipinski definition) is 11. The zero-order valence-electron chi connectivity index (χ0n) is 26.4. The van der Waals surface area contributed by atoms with Gasteiger partial charge in [-0.15, -0.1) is 0 Å². The van der Waals surface area contributed by atoms with E-state index in [-0.39, 0.29) is 0 Å². The van der Waals surface area contributed by atoms with E-state index >= 15 is 0 Å². The molecule has 44 heavy (non-hydrogen) atoms. The van der Waals surface area contributed by atoms with E-state index in [1.165, 1.54) is 12.0 Å². The first-order chi connectivity index (χ1) is 21.3. The average molecular weight is 606 g/mol. The summed E-state index contributed by atoms with van der Waals surface area (Å²) in [4.78, 5) is 27.1. The summed E-state index contributed by atoms with van der Waals surface area (Å²) in [6.07, 6.45) is 1.27. The van der Waals surface area contributed by atoms with Crippen molar-refractivity contribution < 1.29 is 23.7 Å². The van der Waals surface area contributed by atoms with Gasteiger partial charge >= 0.3 is 6.09 Å². The van der Waals surface area contributed by atoms with Crippen LogP contribution >= 0.6 is 0 Å². The van der Waals surface area contributed by atoms with Crippen LogP contribution in [0.15, 0.2) is 54.4 Å². The van der Waals surface area contributed by atoms with Crippen molar-refractivity contribution in [2.45, 2.75) is 20.8 Å². The van der Waals surface area contributed by atoms with Gasteiger partial charge in [0.05, 0.1) is 33.1 Å². The van der Waals surface area contributed by atoms with Gasteiger partial charge in [-0.2, -0.15) is 4.98 Å². The average Bonchev–Trinajstić information content (AvgIpc) is 3.01. The van der Waals surface area contributed by atoms with Crippen LogP contribution in [0.1, 0.15) is 16.8 Å². The second-order valence-corrected chi connectivity index (χ2v) is 10.4. The summed E-state index contributed by atoms with van der Waals surface area (Å²) in [5.74, 6) is 2.12. The predicted octanol–water partition coefficient (Wildman–Crippen LogP) is 4.15. The van der Waals surface area contributed by atoms with Crippen molar-refractivity contribution in [1.82, 2.24) is 25.5 Å². The van der Waals surface area contributed by atoms with E-state index in [1.54, 1.807) is 31.4 Å². The van der Waals surface area contributed by atoms with E-state index < -0.39 is 6.09 Å². The van der Waals surface area contributed by atoms with Crippen molar-refractivity contribution >= 4 is 23.5 Å². The minimum Gasteiger partial charge on any atom is -0.497 e. The van der Waals surface area contributed by atoms with Crippen molar-refractivity contribution in [2.75, 3.05) is 77.4 Å². The summed E-state index contributed by atoms with van der Waals surface area (Å²) in [5, 5.41) is 9.86. The molecule has 0 radical (unpaired) electrons. The lowest BCUT2D eigenvalue weighted by molar-refractivity contribution is 0.0388. The Morgan fingerprint density at radius 1 is 1.05 bits per heavy atom. The summed E-state index contributed by atoms with van der Waals surface area (Å²) >= 11 is 0. The van der Waals surface area contributed by atoms with Gasteiger partial charge in [-0.25, -0.2) is 14.7 Å². The van der Waals surface area contributed by atoms with Crippen LogP contribution in [0.4, 0.5) is 22.2 Å². The summed E-state index contributed by atoms with van der Waals surface area (Å²) in [6.45, 7) is 11.3. The standard InChI is InChI=1S/C32H43N7O5/c1-22-8-7-9-23(2)30(22)44-32(40)39(27-11-10-26(41-5)19-28(27)42-6)29-18-24(3)35-31(37-29)36-25(20-33-4)21-34-12-13-38-14-16-43-17-15-38/h7-11,18-19,21,33-34H,12-17,20H2,1-6H3,(H,35,36,37)/b25-21+. The fourth-order valence-electron chi connectivity index (χ4n) is 4.81. The van der Waals surface area contributed by atoms with Crippen LogP contribution in [0.25, 0.3) is 0 Å². The molecule has 0 bridgehead atoms. The number of ether oxygens (including phenoxy) is 4. The zero-order chi connectivity index (χ0) is 31.5. The van der Waals surface area contributed by atoms with E-state index in [2.05, 4.69) is 25.8 Å². The molecule has 1 aliphatic heterocycles. The Hall–Kier alpha value is -4.39. The third-order valence-corrected chi connectivity index (χ3v) is 7.07.